The van der Waals surface area contributed by atoms with Crippen LogP contribution in [0.3, 0.4) is 0 Å². The van der Waals surface area contributed by atoms with Crippen LogP contribution in [0.1, 0.15) is 31.6 Å². The molecule has 0 unspecified atom stereocenters. The average Bonchev–Trinajstić information content (AvgIpc) is 3.16. The molecule has 0 radical (unpaired) electrons. The van der Waals surface area contributed by atoms with Crippen molar-refractivity contribution in [3.05, 3.63) is 54.2 Å². The van der Waals surface area contributed by atoms with E-state index < -0.39 is 6.04 Å². The lowest BCUT2D eigenvalue weighted by Gasteiger charge is -2.38. The van der Waals surface area contributed by atoms with Gasteiger partial charge in [0.15, 0.2) is 0 Å². The fourth-order valence-corrected chi connectivity index (χ4v) is 3.39. The maximum atomic E-state index is 13.1. The third kappa shape index (κ3) is 4.95. The Morgan fingerprint density at radius 2 is 2.11 bits per heavy atom. The van der Waals surface area contributed by atoms with E-state index in [0.717, 1.165) is 12.1 Å². The number of carbonyl (C=O) groups excluding carboxylic acids is 2. The highest BCUT2D eigenvalue weighted by Crippen LogP contribution is 2.17. The van der Waals surface area contributed by atoms with Gasteiger partial charge in [0.1, 0.15) is 5.76 Å². The zero-order chi connectivity index (χ0) is 19.2. The van der Waals surface area contributed by atoms with Gasteiger partial charge in [-0.05, 0) is 43.7 Å². The first-order valence-corrected chi connectivity index (χ1v) is 9.27. The number of nitrogens with zero attached hydrogens (tertiary/aromatic N) is 3. The first-order chi connectivity index (χ1) is 13.0. The number of furan rings is 1. The van der Waals surface area contributed by atoms with Crippen molar-refractivity contribution in [3.8, 4) is 0 Å². The van der Waals surface area contributed by atoms with Crippen molar-refractivity contribution in [3.63, 3.8) is 0 Å². The lowest BCUT2D eigenvalue weighted by Crippen LogP contribution is -2.58. The van der Waals surface area contributed by atoms with E-state index in [4.69, 9.17) is 4.42 Å². The van der Waals surface area contributed by atoms with E-state index >= 15 is 0 Å². The van der Waals surface area contributed by atoms with Crippen LogP contribution in [0.15, 0.2) is 47.3 Å². The quantitative estimate of drug-likeness (QED) is 0.804. The summed E-state index contributed by atoms with van der Waals surface area (Å²) in [5.74, 6) is 0.562. The van der Waals surface area contributed by atoms with E-state index in [2.05, 4.69) is 15.2 Å². The van der Waals surface area contributed by atoms with Crippen LogP contribution >= 0.6 is 0 Å². The van der Waals surface area contributed by atoms with E-state index in [1.807, 2.05) is 32.0 Å². The minimum atomic E-state index is -0.442. The van der Waals surface area contributed by atoms with Gasteiger partial charge in [0, 0.05) is 38.1 Å². The highest BCUT2D eigenvalue weighted by molar-refractivity contribution is 5.88. The second-order valence-electron chi connectivity index (χ2n) is 7.03. The molecule has 1 N–H and O–H groups in total. The topological polar surface area (TPSA) is 78.7 Å². The predicted molar refractivity (Wildman–Crippen MR) is 100 cm³/mol. The van der Waals surface area contributed by atoms with E-state index in [1.165, 1.54) is 0 Å². The number of piperazine rings is 1. The molecule has 0 spiro atoms. The van der Waals surface area contributed by atoms with Gasteiger partial charge in [-0.25, -0.2) is 0 Å². The molecule has 2 aromatic heterocycles. The summed E-state index contributed by atoms with van der Waals surface area (Å²) >= 11 is 0. The SMILES string of the molecule is CC(C)N1CCNC(=O)[C@H]1CC(=O)N(Cc1ccncc1)Cc1ccco1. The molecule has 27 heavy (non-hydrogen) atoms. The van der Waals surface area contributed by atoms with Crippen molar-refractivity contribution in [1.29, 1.82) is 0 Å². The van der Waals surface area contributed by atoms with Crippen molar-refractivity contribution in [2.75, 3.05) is 13.1 Å². The Labute approximate surface area is 159 Å². The number of pyridine rings is 1. The van der Waals surface area contributed by atoms with Gasteiger partial charge in [-0.1, -0.05) is 0 Å². The smallest absolute Gasteiger partial charge is 0.237 e. The Morgan fingerprint density at radius 1 is 1.33 bits per heavy atom. The zero-order valence-electron chi connectivity index (χ0n) is 15.8. The molecule has 1 saturated heterocycles. The van der Waals surface area contributed by atoms with Crippen LogP contribution in [0, 0.1) is 0 Å². The van der Waals surface area contributed by atoms with Gasteiger partial charge in [0.2, 0.25) is 11.8 Å². The van der Waals surface area contributed by atoms with Crippen molar-refractivity contribution in [2.45, 2.75) is 45.4 Å². The first kappa shape index (κ1) is 19.1. The Balaban J connectivity index is 1.75. The molecular formula is C20H26N4O3. The normalized spacial score (nSPS) is 17.7. The van der Waals surface area contributed by atoms with E-state index in [1.54, 1.807) is 29.6 Å². The van der Waals surface area contributed by atoms with E-state index in [0.29, 0.717) is 25.4 Å². The lowest BCUT2D eigenvalue weighted by molar-refractivity contribution is -0.140. The van der Waals surface area contributed by atoms with Gasteiger partial charge < -0.3 is 14.6 Å². The summed E-state index contributed by atoms with van der Waals surface area (Å²) in [6.45, 7) is 6.28. The largest absolute Gasteiger partial charge is 0.467 e. The standard InChI is InChI=1S/C20H26N4O3/c1-15(2)24-10-9-22-20(26)18(24)12-19(25)23(14-17-4-3-11-27-17)13-16-5-7-21-8-6-16/h3-8,11,15,18H,9-10,12-14H2,1-2H3,(H,22,26)/t18-/m1/s1. The second kappa shape index (κ2) is 8.81. The summed E-state index contributed by atoms with van der Waals surface area (Å²) < 4.78 is 5.43. The summed E-state index contributed by atoms with van der Waals surface area (Å²) in [5, 5.41) is 2.88. The molecule has 0 saturated carbocycles. The number of hydrogen-bond acceptors (Lipinski definition) is 5. The number of carbonyl (C=O) groups is 2. The van der Waals surface area contributed by atoms with Gasteiger partial charge in [-0.3, -0.25) is 19.5 Å². The summed E-state index contributed by atoms with van der Waals surface area (Å²) in [6, 6.07) is 7.18. The number of aromatic nitrogens is 1. The number of nitrogens with one attached hydrogen (secondary N) is 1. The van der Waals surface area contributed by atoms with Crippen LogP contribution in [0.4, 0.5) is 0 Å². The third-order valence-corrected chi connectivity index (χ3v) is 4.81. The molecule has 7 heteroatoms. The Bertz CT molecular complexity index is 746. The van der Waals surface area contributed by atoms with E-state index in [9.17, 15) is 9.59 Å². The van der Waals surface area contributed by atoms with Crippen molar-refractivity contribution in [1.82, 2.24) is 20.1 Å². The molecule has 2 amide bonds. The fourth-order valence-electron chi connectivity index (χ4n) is 3.39. The minimum absolute atomic E-state index is 0.0732. The number of hydrogen-bond donors (Lipinski definition) is 1. The Morgan fingerprint density at radius 3 is 2.78 bits per heavy atom. The van der Waals surface area contributed by atoms with Gasteiger partial charge in [-0.2, -0.15) is 0 Å². The molecule has 0 aromatic carbocycles. The molecule has 1 aliphatic heterocycles. The number of rotatable bonds is 7. The van der Waals surface area contributed by atoms with Gasteiger partial charge in [0.05, 0.1) is 25.3 Å². The molecular weight excluding hydrogens is 344 g/mol. The highest BCUT2D eigenvalue weighted by atomic mass is 16.3. The molecule has 1 fully saturated rings. The van der Waals surface area contributed by atoms with E-state index in [-0.39, 0.29) is 24.3 Å². The van der Waals surface area contributed by atoms with Gasteiger partial charge >= 0.3 is 0 Å². The molecule has 1 aliphatic rings. The lowest BCUT2D eigenvalue weighted by atomic mass is 10.1. The fraction of sp³-hybridized carbons (Fsp3) is 0.450. The molecule has 0 bridgehead atoms. The van der Waals surface area contributed by atoms with Crippen LogP contribution in [0.2, 0.25) is 0 Å². The Hall–Kier alpha value is -2.67. The third-order valence-electron chi connectivity index (χ3n) is 4.81. The minimum Gasteiger partial charge on any atom is -0.467 e. The summed E-state index contributed by atoms with van der Waals surface area (Å²) in [4.78, 5) is 33.4. The second-order valence-corrected chi connectivity index (χ2v) is 7.03. The summed E-state index contributed by atoms with van der Waals surface area (Å²) in [5.41, 5.74) is 0.985. The highest BCUT2D eigenvalue weighted by Gasteiger charge is 2.34. The summed E-state index contributed by atoms with van der Waals surface area (Å²) in [6.07, 6.45) is 5.16. The van der Waals surface area contributed by atoms with Crippen LogP contribution in [-0.4, -0.2) is 51.8 Å². The van der Waals surface area contributed by atoms with Crippen LogP contribution in [0.25, 0.3) is 0 Å². The predicted octanol–water partition coefficient (Wildman–Crippen LogP) is 1.80. The molecule has 2 aromatic rings. The molecule has 1 atom stereocenters. The maximum Gasteiger partial charge on any atom is 0.237 e. The van der Waals surface area contributed by atoms with Crippen molar-refractivity contribution >= 4 is 11.8 Å². The molecule has 3 heterocycles. The molecule has 3 rings (SSSR count). The molecule has 144 valence electrons. The van der Waals surface area contributed by atoms with Crippen LogP contribution < -0.4 is 5.32 Å². The first-order valence-electron chi connectivity index (χ1n) is 9.27. The van der Waals surface area contributed by atoms with Crippen molar-refractivity contribution in [2.24, 2.45) is 0 Å². The van der Waals surface area contributed by atoms with Gasteiger partial charge in [-0.15, -0.1) is 0 Å². The van der Waals surface area contributed by atoms with Crippen LogP contribution in [0.5, 0.6) is 0 Å². The average molecular weight is 370 g/mol. The maximum absolute atomic E-state index is 13.1. The molecule has 7 nitrogen and oxygen atoms in total. The van der Waals surface area contributed by atoms with Crippen LogP contribution in [-0.2, 0) is 22.7 Å². The zero-order valence-corrected chi connectivity index (χ0v) is 15.8. The Kier molecular flexibility index (Phi) is 6.24. The summed E-state index contributed by atoms with van der Waals surface area (Å²) in [7, 11) is 0. The van der Waals surface area contributed by atoms with Crippen molar-refractivity contribution < 1.29 is 14.0 Å². The molecule has 0 aliphatic carbocycles. The number of amides is 2. The monoisotopic (exact) mass is 370 g/mol. The van der Waals surface area contributed by atoms with Gasteiger partial charge in [0.25, 0.3) is 0 Å².